The van der Waals surface area contributed by atoms with E-state index in [-0.39, 0.29) is 5.70 Å². The number of benzene rings is 1. The summed E-state index contributed by atoms with van der Waals surface area (Å²) in [6.07, 6.45) is 0. The lowest BCUT2D eigenvalue weighted by Gasteiger charge is -2.06. The van der Waals surface area contributed by atoms with Gasteiger partial charge in [-0.1, -0.05) is 28.1 Å². The first-order valence-corrected chi connectivity index (χ1v) is 4.84. The maximum atomic E-state index is 8.73. The molecule has 1 aromatic carbocycles. The summed E-state index contributed by atoms with van der Waals surface area (Å²) >= 11 is 3.31. The fourth-order valence-corrected chi connectivity index (χ4v) is 1.34. The number of halogens is 1. The van der Waals surface area contributed by atoms with Gasteiger partial charge in [-0.2, -0.15) is 0 Å². The van der Waals surface area contributed by atoms with E-state index < -0.39 is 0 Å². The zero-order valence-corrected chi connectivity index (χ0v) is 9.58. The van der Waals surface area contributed by atoms with Gasteiger partial charge in [0, 0.05) is 10.0 Å². The smallest absolute Gasteiger partial charge is 0.303 e. The Bertz CT molecular complexity index is 447. The molecule has 0 N–H and O–H groups in total. The summed E-state index contributed by atoms with van der Waals surface area (Å²) in [4.78, 5) is 3.11. The second-order valence-electron chi connectivity index (χ2n) is 2.61. The molecule has 0 saturated carbocycles. The highest BCUT2D eigenvalue weighted by Crippen LogP contribution is 2.22. The van der Waals surface area contributed by atoms with E-state index >= 15 is 0 Å². The summed E-state index contributed by atoms with van der Waals surface area (Å²) in [7, 11) is 1.44. The van der Waals surface area contributed by atoms with Crippen LogP contribution in [0.5, 0.6) is 0 Å². The molecule has 3 nitrogen and oxygen atoms in total. The van der Waals surface area contributed by atoms with Crippen LogP contribution in [0.3, 0.4) is 0 Å². The lowest BCUT2D eigenvalue weighted by molar-refractivity contribution is 0.368. The molecule has 0 atom stereocenters. The van der Waals surface area contributed by atoms with Crippen molar-refractivity contribution >= 4 is 21.7 Å². The second kappa shape index (κ2) is 5.19. The van der Waals surface area contributed by atoms with Gasteiger partial charge in [0.05, 0.1) is 19.8 Å². The van der Waals surface area contributed by atoms with E-state index in [0.29, 0.717) is 11.3 Å². The van der Waals surface area contributed by atoms with Crippen molar-refractivity contribution in [2.75, 3.05) is 7.11 Å². The van der Waals surface area contributed by atoms with Crippen LogP contribution >= 0.6 is 15.9 Å². The summed E-state index contributed by atoms with van der Waals surface area (Å²) in [6, 6.07) is 9.02. The van der Waals surface area contributed by atoms with Gasteiger partial charge in [-0.3, -0.25) is 0 Å². The number of hydrogen-bond donors (Lipinski definition) is 0. The Balaban J connectivity index is 3.27. The van der Waals surface area contributed by atoms with Crippen molar-refractivity contribution in [3.8, 4) is 6.07 Å². The number of rotatable bonds is 2. The molecule has 0 spiro atoms. The van der Waals surface area contributed by atoms with Crippen molar-refractivity contribution in [1.29, 1.82) is 5.26 Å². The van der Waals surface area contributed by atoms with Gasteiger partial charge in [0.25, 0.3) is 0 Å². The first-order chi connectivity index (χ1) is 7.22. The van der Waals surface area contributed by atoms with Crippen LogP contribution in [0.2, 0.25) is 0 Å². The summed E-state index contributed by atoms with van der Waals surface area (Å²) < 4.78 is 5.98. The van der Waals surface area contributed by atoms with Crippen molar-refractivity contribution in [2.24, 2.45) is 0 Å². The highest BCUT2D eigenvalue weighted by Gasteiger charge is 2.09. The molecule has 1 aromatic rings. The van der Waals surface area contributed by atoms with Gasteiger partial charge < -0.3 is 4.74 Å². The Kier molecular flexibility index (Phi) is 3.91. The molecule has 74 valence electrons. The lowest BCUT2D eigenvalue weighted by Crippen LogP contribution is -1.90. The number of hydrogen-bond acceptors (Lipinski definition) is 2. The second-order valence-corrected chi connectivity index (χ2v) is 3.53. The molecular weight excluding hydrogens is 256 g/mol. The highest BCUT2D eigenvalue weighted by atomic mass is 79.9. The molecule has 0 aliphatic heterocycles. The average Bonchev–Trinajstić information content (AvgIpc) is 2.27. The number of nitriles is 1. The Morgan fingerprint density at radius 1 is 1.47 bits per heavy atom. The van der Waals surface area contributed by atoms with Gasteiger partial charge in [0.15, 0.2) is 0 Å². The molecule has 1 rings (SSSR count). The van der Waals surface area contributed by atoms with Crippen molar-refractivity contribution in [1.82, 2.24) is 0 Å². The van der Waals surface area contributed by atoms with E-state index in [4.69, 9.17) is 16.6 Å². The third-order valence-electron chi connectivity index (χ3n) is 1.74. The van der Waals surface area contributed by atoms with E-state index in [1.165, 1.54) is 7.11 Å². The van der Waals surface area contributed by atoms with Gasteiger partial charge in [0.1, 0.15) is 5.76 Å². The quantitative estimate of drug-likeness (QED) is 0.466. The minimum Gasteiger partial charge on any atom is -0.506 e. The van der Waals surface area contributed by atoms with E-state index in [9.17, 15) is 0 Å². The third kappa shape index (κ3) is 2.59. The minimum absolute atomic E-state index is 0.0418. The molecule has 0 aliphatic rings. The number of nitrogens with zero attached hydrogens (tertiary/aromatic N) is 2. The van der Waals surface area contributed by atoms with Crippen LogP contribution in [0.4, 0.5) is 0 Å². The average molecular weight is 263 g/mol. The molecule has 15 heavy (non-hydrogen) atoms. The molecule has 0 heterocycles. The Hall–Kier alpha value is -1.78. The van der Waals surface area contributed by atoms with Crippen molar-refractivity contribution in [2.45, 2.75) is 0 Å². The van der Waals surface area contributed by atoms with E-state index in [2.05, 4.69) is 20.8 Å². The monoisotopic (exact) mass is 262 g/mol. The van der Waals surface area contributed by atoms with Gasteiger partial charge in [-0.05, 0) is 12.1 Å². The van der Waals surface area contributed by atoms with Crippen molar-refractivity contribution in [3.05, 3.63) is 51.4 Å². The Labute approximate surface area is 96.5 Å². The molecule has 0 saturated heterocycles. The molecule has 4 heteroatoms. The van der Waals surface area contributed by atoms with Gasteiger partial charge in [-0.25, -0.2) is 10.1 Å². The fourth-order valence-electron chi connectivity index (χ4n) is 1.08. The summed E-state index contributed by atoms with van der Waals surface area (Å²) in [5.74, 6) is 0.306. The van der Waals surface area contributed by atoms with Crippen LogP contribution in [-0.2, 0) is 4.74 Å². The SMILES string of the molecule is [C-]#[N+]/C(C#N)=C(\OC)c1ccc(Br)cc1. The molecule has 0 bridgehead atoms. The number of ether oxygens (including phenoxy) is 1. The first-order valence-electron chi connectivity index (χ1n) is 4.04. The zero-order chi connectivity index (χ0) is 11.3. The molecule has 0 unspecified atom stereocenters. The molecule has 0 amide bonds. The van der Waals surface area contributed by atoms with E-state index in [0.717, 1.165) is 4.47 Å². The van der Waals surface area contributed by atoms with Crippen LogP contribution < -0.4 is 0 Å². The first kappa shape index (κ1) is 11.3. The maximum absolute atomic E-state index is 8.73. The summed E-state index contributed by atoms with van der Waals surface area (Å²) in [5, 5.41) is 8.73. The third-order valence-corrected chi connectivity index (χ3v) is 2.27. The maximum Gasteiger partial charge on any atom is 0.303 e. The zero-order valence-electron chi connectivity index (χ0n) is 7.99. The largest absolute Gasteiger partial charge is 0.506 e. The molecule has 0 aliphatic carbocycles. The summed E-state index contributed by atoms with van der Waals surface area (Å²) in [6.45, 7) is 6.84. The van der Waals surface area contributed by atoms with Crippen LogP contribution in [0.1, 0.15) is 5.56 Å². The molecule has 0 fully saturated rings. The van der Waals surface area contributed by atoms with Gasteiger partial charge in [-0.15, -0.1) is 0 Å². The molecule has 0 aromatic heterocycles. The number of methoxy groups -OCH3 is 1. The standard InChI is InChI=1S/C11H7BrN2O/c1-14-10(7-13)11(15-2)8-3-5-9(12)6-4-8/h3-6H,2H3/b11-10-. The van der Waals surface area contributed by atoms with Crippen molar-refractivity contribution < 1.29 is 4.74 Å². The fraction of sp³-hybridized carbons (Fsp3) is 0.0909. The van der Waals surface area contributed by atoms with Crippen LogP contribution in [0.15, 0.2) is 34.4 Å². The Morgan fingerprint density at radius 3 is 2.47 bits per heavy atom. The predicted molar refractivity (Wildman–Crippen MR) is 60.3 cm³/mol. The van der Waals surface area contributed by atoms with Crippen LogP contribution in [0.25, 0.3) is 10.6 Å². The van der Waals surface area contributed by atoms with Crippen molar-refractivity contribution in [3.63, 3.8) is 0 Å². The predicted octanol–water partition coefficient (Wildman–Crippen LogP) is 3.21. The van der Waals surface area contributed by atoms with Crippen LogP contribution in [-0.4, -0.2) is 7.11 Å². The van der Waals surface area contributed by atoms with Gasteiger partial charge >= 0.3 is 5.70 Å². The Morgan fingerprint density at radius 2 is 2.07 bits per heavy atom. The minimum atomic E-state index is -0.0418. The lowest BCUT2D eigenvalue weighted by atomic mass is 10.1. The van der Waals surface area contributed by atoms with E-state index in [1.54, 1.807) is 18.2 Å². The summed E-state index contributed by atoms with van der Waals surface area (Å²) in [5.41, 5.74) is 0.674. The topological polar surface area (TPSA) is 37.4 Å². The number of allylic oxidation sites excluding steroid dienone is 1. The van der Waals surface area contributed by atoms with E-state index in [1.807, 2.05) is 12.1 Å². The molecular formula is C11H7BrN2O. The van der Waals surface area contributed by atoms with Gasteiger partial charge in [0.2, 0.25) is 0 Å². The van der Waals surface area contributed by atoms with Crippen LogP contribution in [0, 0.1) is 17.9 Å². The molecule has 0 radical (unpaired) electrons. The normalized spacial score (nSPS) is 10.9. The highest BCUT2D eigenvalue weighted by molar-refractivity contribution is 9.10.